The smallest absolute Gasteiger partial charge is 0.413 e. The lowest BCUT2D eigenvalue weighted by molar-refractivity contribution is -0.143. The molecule has 0 fully saturated rings. The van der Waals surface area contributed by atoms with Crippen LogP contribution < -0.4 is 41.4 Å². The highest BCUT2D eigenvalue weighted by Gasteiger charge is 2.27. The van der Waals surface area contributed by atoms with Gasteiger partial charge in [0, 0.05) is 37.3 Å². The minimum absolute atomic E-state index is 0.0568. The number of nitrogens with zero attached hydrogens (tertiary/aromatic N) is 2. The highest BCUT2D eigenvalue weighted by atomic mass is 19.1. The summed E-state index contributed by atoms with van der Waals surface area (Å²) in [6.45, 7) is -2.20. The van der Waals surface area contributed by atoms with E-state index in [0.29, 0.717) is 38.5 Å². The molecule has 2 atom stereocenters. The van der Waals surface area contributed by atoms with Gasteiger partial charge in [-0.15, -0.1) is 0 Å². The van der Waals surface area contributed by atoms with Gasteiger partial charge < -0.3 is 60.6 Å². The molecule has 0 unspecified atom stereocenters. The van der Waals surface area contributed by atoms with Crippen LogP contribution in [0.25, 0.3) is 0 Å². The zero-order chi connectivity index (χ0) is 60.6. The fourth-order valence-corrected chi connectivity index (χ4v) is 8.18. The monoisotopic (exact) mass is 1160 g/mol. The molecule has 5 aromatic carbocycles. The molecule has 0 aliphatic carbocycles. The number of rotatable bonds is 32. The largest absolute Gasteiger partial charge is 0.467 e. The van der Waals surface area contributed by atoms with Crippen LogP contribution in [-0.2, 0) is 51.1 Å². The first-order valence-corrected chi connectivity index (χ1v) is 27.0. The van der Waals surface area contributed by atoms with Crippen molar-refractivity contribution in [1.29, 1.82) is 0 Å². The Morgan fingerprint density at radius 2 is 0.774 bits per heavy atom. The molecule has 84 heavy (non-hydrogen) atoms. The van der Waals surface area contributed by atoms with Gasteiger partial charge in [0.2, 0.25) is 23.6 Å². The first-order chi connectivity index (χ1) is 40.5. The maximum Gasteiger partial charge on any atom is 0.413 e. The minimum Gasteiger partial charge on any atom is -0.467 e. The summed E-state index contributed by atoms with van der Waals surface area (Å²) in [5.74, 6) is -6.12. The molecule has 0 saturated heterocycles. The molecule has 0 aliphatic rings. The second kappa shape index (κ2) is 35.2. The van der Waals surface area contributed by atoms with Crippen molar-refractivity contribution in [2.75, 3.05) is 66.6 Å². The number of amides is 8. The van der Waals surface area contributed by atoms with Crippen LogP contribution in [0.4, 0.5) is 18.4 Å². The van der Waals surface area contributed by atoms with E-state index in [1.807, 2.05) is 0 Å². The third-order valence-corrected chi connectivity index (χ3v) is 12.5. The number of hydrogen-bond acceptors (Lipinski definition) is 14. The van der Waals surface area contributed by atoms with Gasteiger partial charge in [-0.3, -0.25) is 28.8 Å². The number of methoxy groups -OCH3 is 2. The maximum absolute atomic E-state index is 14.4. The molecule has 0 aromatic heterocycles. The highest BCUT2D eigenvalue weighted by molar-refractivity contribution is 6.03. The zero-order valence-electron chi connectivity index (χ0n) is 46.5. The molecule has 6 N–H and O–H groups in total. The van der Waals surface area contributed by atoms with Crippen molar-refractivity contribution in [3.05, 3.63) is 167 Å². The van der Waals surface area contributed by atoms with Crippen molar-refractivity contribution < 1.29 is 75.7 Å². The normalized spacial score (nSPS) is 11.3. The molecule has 0 radical (unpaired) electrons. The predicted octanol–water partition coefficient (Wildman–Crippen LogP) is 4.80. The second-order valence-corrected chi connectivity index (χ2v) is 18.9. The van der Waals surface area contributed by atoms with E-state index in [0.717, 1.165) is 20.9 Å². The molecule has 22 nitrogen and oxygen atoms in total. The van der Waals surface area contributed by atoms with E-state index < -0.39 is 109 Å². The molecular formula is C60H68F2N8O14. The van der Waals surface area contributed by atoms with E-state index in [1.54, 1.807) is 84.9 Å². The molecule has 0 heterocycles. The zero-order valence-corrected chi connectivity index (χ0v) is 46.5. The lowest BCUT2D eigenvalue weighted by Gasteiger charge is -2.24. The number of esters is 2. The molecule has 5 aromatic rings. The molecule has 446 valence electrons. The highest BCUT2D eigenvalue weighted by Crippen LogP contribution is 2.15. The Labute approximate surface area is 484 Å². The number of para-hydroxylation sites is 2. The van der Waals surface area contributed by atoms with Gasteiger partial charge in [0.25, 0.3) is 11.8 Å². The van der Waals surface area contributed by atoms with E-state index in [-0.39, 0.29) is 61.6 Å². The Morgan fingerprint density at radius 3 is 1.12 bits per heavy atom. The number of ether oxygens (including phenoxy) is 4. The molecule has 5 rings (SSSR count). The van der Waals surface area contributed by atoms with Crippen LogP contribution in [0, 0.1) is 11.6 Å². The standard InChI is InChI=1S/C60H68F2N8O14/c1-81-57(77)49(67-59(79)83-47-16-5-3-6-17-47)20-9-11-32-63-51(71)37-69(39-53(73)65-34-30-41-22-26-45(61)27-23-41)55(75)43-14-13-15-44(36-43)56(76)70(40-54(74)66-35-31-42-24-28-46(62)29-25-42)38-52(72)64-33-12-10-21-50(58(78)82-2)68-60(80)84-48-18-7-4-8-19-48/h3-8,13-19,22-29,36,49-50H,9-12,20-21,30-35,37-40H2,1-2H3,(H,63,71)(H,64,72)(H,65,73)(H,66,74)(H,67,79)(H,68,80)/t49-,50-/m0/s1. The topological polar surface area (TPSA) is 286 Å². The third-order valence-electron chi connectivity index (χ3n) is 12.5. The van der Waals surface area contributed by atoms with Gasteiger partial charge in [-0.2, -0.15) is 0 Å². The fourth-order valence-electron chi connectivity index (χ4n) is 8.18. The summed E-state index contributed by atoms with van der Waals surface area (Å²) in [6, 6.07) is 30.9. The van der Waals surface area contributed by atoms with Crippen molar-refractivity contribution in [1.82, 2.24) is 41.7 Å². The van der Waals surface area contributed by atoms with Crippen LogP contribution in [-0.4, -0.2) is 148 Å². The number of nitrogens with one attached hydrogen (secondary N) is 6. The van der Waals surface area contributed by atoms with Crippen molar-refractivity contribution >= 4 is 59.6 Å². The Hall–Kier alpha value is -9.74. The second-order valence-electron chi connectivity index (χ2n) is 18.9. The minimum atomic E-state index is -1.07. The molecule has 0 aliphatic heterocycles. The van der Waals surface area contributed by atoms with Crippen LogP contribution in [0.5, 0.6) is 11.5 Å². The molecule has 24 heteroatoms. The number of halogens is 2. The van der Waals surface area contributed by atoms with Crippen LogP contribution in [0.2, 0.25) is 0 Å². The van der Waals surface area contributed by atoms with E-state index in [2.05, 4.69) is 31.9 Å². The van der Waals surface area contributed by atoms with Crippen LogP contribution in [0.3, 0.4) is 0 Å². The average Bonchev–Trinajstić information content (AvgIpc) is 3.52. The quantitative estimate of drug-likeness (QED) is 0.0249. The van der Waals surface area contributed by atoms with Gasteiger partial charge in [-0.05, 0) is 129 Å². The SMILES string of the molecule is COC(=O)[C@H](CCCCNC(=O)CN(CC(=O)NCCc1ccc(F)cc1)C(=O)c1cccc(C(=O)N(CC(=O)NCCCC[C@H](NC(=O)Oc2ccccc2)C(=O)OC)CC(=O)NCCc2ccc(F)cc2)c1)NC(=O)Oc1ccccc1. The lowest BCUT2D eigenvalue weighted by atomic mass is 10.1. The molecule has 0 bridgehead atoms. The van der Waals surface area contributed by atoms with Crippen molar-refractivity contribution in [2.24, 2.45) is 0 Å². The van der Waals surface area contributed by atoms with Crippen LogP contribution in [0.1, 0.15) is 70.4 Å². The van der Waals surface area contributed by atoms with E-state index in [9.17, 15) is 56.7 Å². The van der Waals surface area contributed by atoms with Crippen LogP contribution in [0.15, 0.2) is 133 Å². The van der Waals surface area contributed by atoms with E-state index in [1.165, 1.54) is 62.8 Å². The fraction of sp³-hybridized carbons (Fsp3) is 0.333. The number of unbranched alkanes of at least 4 members (excludes halogenated alkanes) is 2. The van der Waals surface area contributed by atoms with Crippen molar-refractivity contribution in [2.45, 2.75) is 63.5 Å². The van der Waals surface area contributed by atoms with Crippen LogP contribution >= 0.6 is 0 Å². The molecule has 0 saturated carbocycles. The number of benzene rings is 5. The van der Waals surface area contributed by atoms with E-state index in [4.69, 9.17) is 18.9 Å². The Balaban J connectivity index is 1.24. The summed E-state index contributed by atoms with van der Waals surface area (Å²) in [6.07, 6.45) is 0.354. The number of hydrogen-bond donors (Lipinski definition) is 6. The van der Waals surface area contributed by atoms with Gasteiger partial charge in [0.05, 0.1) is 14.2 Å². The summed E-state index contributed by atoms with van der Waals surface area (Å²) in [7, 11) is 2.33. The van der Waals surface area contributed by atoms with Crippen molar-refractivity contribution in [3.63, 3.8) is 0 Å². The Bertz CT molecular complexity index is 2800. The first kappa shape index (κ1) is 65.1. The predicted molar refractivity (Wildman–Crippen MR) is 301 cm³/mol. The molecular weight excluding hydrogens is 1090 g/mol. The van der Waals surface area contributed by atoms with Gasteiger partial charge in [-0.25, -0.2) is 28.0 Å². The Morgan fingerprint density at radius 1 is 0.429 bits per heavy atom. The first-order valence-electron chi connectivity index (χ1n) is 27.0. The summed E-state index contributed by atoms with van der Waals surface area (Å²) in [4.78, 5) is 134. The van der Waals surface area contributed by atoms with Gasteiger partial charge >= 0.3 is 24.1 Å². The van der Waals surface area contributed by atoms with Gasteiger partial charge in [0.1, 0.15) is 61.4 Å². The average molecular weight is 1160 g/mol. The molecule has 8 amide bonds. The Kier molecular flexibility index (Phi) is 27.3. The maximum atomic E-state index is 14.4. The van der Waals surface area contributed by atoms with Gasteiger partial charge in [0.15, 0.2) is 0 Å². The lowest BCUT2D eigenvalue weighted by Crippen LogP contribution is -2.47. The summed E-state index contributed by atoms with van der Waals surface area (Å²) >= 11 is 0. The number of carbonyl (C=O) groups excluding carboxylic acids is 10. The summed E-state index contributed by atoms with van der Waals surface area (Å²) in [5.41, 5.74) is 1.17. The summed E-state index contributed by atoms with van der Waals surface area (Å²) < 4.78 is 47.2. The number of carbonyl (C=O) groups is 10. The third kappa shape index (κ3) is 23.8. The van der Waals surface area contributed by atoms with Crippen molar-refractivity contribution in [3.8, 4) is 11.5 Å². The van der Waals surface area contributed by atoms with Gasteiger partial charge in [-0.1, -0.05) is 66.7 Å². The molecule has 0 spiro atoms. The van der Waals surface area contributed by atoms with E-state index >= 15 is 0 Å². The summed E-state index contributed by atoms with van der Waals surface area (Å²) in [5, 5.41) is 15.7.